The third kappa shape index (κ3) is 3.01. The molecule has 1 aromatic carbocycles. The molecule has 0 aliphatic rings. The van der Waals surface area contributed by atoms with Crippen LogP contribution in [0.2, 0.25) is 0 Å². The van der Waals surface area contributed by atoms with Gasteiger partial charge in [0.05, 0.1) is 6.21 Å². The summed E-state index contributed by atoms with van der Waals surface area (Å²) in [5.74, 6) is 0.306. The van der Waals surface area contributed by atoms with Crippen molar-refractivity contribution in [2.45, 2.75) is 6.92 Å². The van der Waals surface area contributed by atoms with Gasteiger partial charge in [-0.05, 0) is 30.2 Å². The van der Waals surface area contributed by atoms with Crippen LogP contribution in [0.1, 0.15) is 16.8 Å². The predicted molar refractivity (Wildman–Crippen MR) is 73.7 cm³/mol. The first-order valence-corrected chi connectivity index (χ1v) is 5.61. The second kappa shape index (κ2) is 5.72. The fraction of sp³-hybridized carbons (Fsp3) is 0.0714. The van der Waals surface area contributed by atoms with Gasteiger partial charge in [-0.25, -0.2) is 0 Å². The van der Waals surface area contributed by atoms with E-state index in [1.165, 1.54) is 0 Å². The largest absolute Gasteiger partial charge is 0.380 e. The third-order valence-electron chi connectivity index (χ3n) is 2.48. The second-order valence-electron chi connectivity index (χ2n) is 3.80. The zero-order chi connectivity index (χ0) is 12.8. The maximum Gasteiger partial charge on any atom is 0.171 e. The first-order chi connectivity index (χ1) is 8.77. The summed E-state index contributed by atoms with van der Waals surface area (Å²) in [4.78, 5) is 4.09. The molecule has 18 heavy (non-hydrogen) atoms. The van der Waals surface area contributed by atoms with Crippen LogP contribution >= 0.6 is 0 Å². The van der Waals surface area contributed by atoms with E-state index in [1.54, 1.807) is 18.5 Å². The molecule has 0 radical (unpaired) electrons. The van der Waals surface area contributed by atoms with Crippen molar-refractivity contribution in [1.29, 1.82) is 0 Å². The average molecular weight is 238 g/mol. The Balaban J connectivity index is 2.14. The molecule has 2 N–H and O–H groups in total. The van der Waals surface area contributed by atoms with E-state index in [4.69, 9.17) is 5.73 Å². The molecule has 0 spiro atoms. The van der Waals surface area contributed by atoms with Crippen molar-refractivity contribution in [1.82, 2.24) is 4.98 Å². The van der Waals surface area contributed by atoms with Gasteiger partial charge in [-0.2, -0.15) is 5.10 Å². The van der Waals surface area contributed by atoms with E-state index >= 15 is 0 Å². The minimum atomic E-state index is 0.306. The van der Waals surface area contributed by atoms with Gasteiger partial charge in [0, 0.05) is 6.20 Å². The van der Waals surface area contributed by atoms with Crippen LogP contribution in [0.5, 0.6) is 0 Å². The quantitative estimate of drug-likeness (QED) is 0.506. The van der Waals surface area contributed by atoms with E-state index in [0.29, 0.717) is 11.5 Å². The molecule has 0 saturated carbocycles. The van der Waals surface area contributed by atoms with Crippen molar-refractivity contribution in [3.8, 4) is 0 Å². The van der Waals surface area contributed by atoms with E-state index in [2.05, 4.69) is 15.2 Å². The van der Waals surface area contributed by atoms with Gasteiger partial charge in [0.25, 0.3) is 0 Å². The Labute approximate surface area is 106 Å². The summed E-state index contributed by atoms with van der Waals surface area (Å²) in [6.45, 7) is 2.02. The van der Waals surface area contributed by atoms with Crippen molar-refractivity contribution < 1.29 is 0 Å². The Hall–Kier alpha value is -2.49. The van der Waals surface area contributed by atoms with Crippen LogP contribution in [-0.4, -0.2) is 17.0 Å². The van der Waals surface area contributed by atoms with E-state index in [0.717, 1.165) is 11.1 Å². The van der Waals surface area contributed by atoms with Crippen LogP contribution in [-0.2, 0) is 0 Å². The Morgan fingerprint density at radius 3 is 2.67 bits per heavy atom. The van der Waals surface area contributed by atoms with Gasteiger partial charge >= 0.3 is 0 Å². The molecule has 4 heteroatoms. The number of amidine groups is 1. The lowest BCUT2D eigenvalue weighted by Crippen LogP contribution is -2.14. The number of hydrogen-bond acceptors (Lipinski definition) is 3. The maximum absolute atomic E-state index is 5.77. The molecule has 0 unspecified atom stereocenters. The highest BCUT2D eigenvalue weighted by Gasteiger charge is 1.97. The lowest BCUT2D eigenvalue weighted by Gasteiger charge is -1.97. The SMILES string of the molecule is Cc1ccccc1/C=N/N=C(\N)c1ccccn1. The number of rotatable bonds is 3. The number of nitrogens with zero attached hydrogens (tertiary/aromatic N) is 3. The minimum Gasteiger partial charge on any atom is -0.380 e. The molecule has 4 nitrogen and oxygen atoms in total. The van der Waals surface area contributed by atoms with E-state index in [-0.39, 0.29) is 0 Å². The highest BCUT2D eigenvalue weighted by Crippen LogP contribution is 2.03. The first-order valence-electron chi connectivity index (χ1n) is 5.61. The van der Waals surface area contributed by atoms with E-state index in [9.17, 15) is 0 Å². The fourth-order valence-corrected chi connectivity index (χ4v) is 1.45. The van der Waals surface area contributed by atoms with Crippen LogP contribution in [0, 0.1) is 6.92 Å². The zero-order valence-electron chi connectivity index (χ0n) is 10.1. The van der Waals surface area contributed by atoms with Gasteiger partial charge in [-0.15, -0.1) is 5.10 Å². The molecule has 1 heterocycles. The van der Waals surface area contributed by atoms with Gasteiger partial charge < -0.3 is 5.73 Å². The fourth-order valence-electron chi connectivity index (χ4n) is 1.45. The highest BCUT2D eigenvalue weighted by molar-refractivity contribution is 5.96. The number of aryl methyl sites for hydroxylation is 1. The number of nitrogens with two attached hydrogens (primary N) is 1. The second-order valence-corrected chi connectivity index (χ2v) is 3.80. The number of hydrogen-bond donors (Lipinski definition) is 1. The molecule has 0 atom stereocenters. The van der Waals surface area contributed by atoms with Gasteiger partial charge in [0.15, 0.2) is 5.84 Å². The topological polar surface area (TPSA) is 63.6 Å². The summed E-state index contributed by atoms with van der Waals surface area (Å²) in [5.41, 5.74) is 8.56. The molecular weight excluding hydrogens is 224 g/mol. The van der Waals surface area contributed by atoms with Crippen molar-refractivity contribution in [3.63, 3.8) is 0 Å². The lowest BCUT2D eigenvalue weighted by molar-refractivity contribution is 1.19. The average Bonchev–Trinajstić information content (AvgIpc) is 2.42. The third-order valence-corrected chi connectivity index (χ3v) is 2.48. The van der Waals surface area contributed by atoms with Gasteiger partial charge in [-0.1, -0.05) is 30.3 Å². The zero-order valence-corrected chi connectivity index (χ0v) is 10.1. The van der Waals surface area contributed by atoms with Crippen LogP contribution in [0.25, 0.3) is 0 Å². The molecule has 0 saturated heterocycles. The first kappa shape index (κ1) is 12.0. The van der Waals surface area contributed by atoms with E-state index < -0.39 is 0 Å². The summed E-state index contributed by atoms with van der Waals surface area (Å²) < 4.78 is 0. The van der Waals surface area contributed by atoms with Crippen LogP contribution in [0.3, 0.4) is 0 Å². The van der Waals surface area contributed by atoms with Crippen molar-refractivity contribution in [2.24, 2.45) is 15.9 Å². The van der Waals surface area contributed by atoms with Gasteiger partial charge in [0.2, 0.25) is 0 Å². The monoisotopic (exact) mass is 238 g/mol. The molecule has 90 valence electrons. The number of benzene rings is 1. The number of aromatic nitrogens is 1. The summed E-state index contributed by atoms with van der Waals surface area (Å²) >= 11 is 0. The molecule has 0 aliphatic carbocycles. The molecular formula is C14H14N4. The summed E-state index contributed by atoms with van der Waals surface area (Å²) in [7, 11) is 0. The molecule has 0 bridgehead atoms. The Morgan fingerprint density at radius 2 is 1.94 bits per heavy atom. The summed E-state index contributed by atoms with van der Waals surface area (Å²) in [6, 6.07) is 13.4. The minimum absolute atomic E-state index is 0.306. The lowest BCUT2D eigenvalue weighted by atomic mass is 10.1. The Bertz CT molecular complexity index is 573. The van der Waals surface area contributed by atoms with Crippen LogP contribution in [0.15, 0.2) is 58.9 Å². The molecule has 0 amide bonds. The van der Waals surface area contributed by atoms with Crippen LogP contribution in [0.4, 0.5) is 0 Å². The molecule has 1 aromatic heterocycles. The summed E-state index contributed by atoms with van der Waals surface area (Å²) in [5, 5.41) is 7.91. The molecule has 0 aliphatic heterocycles. The smallest absolute Gasteiger partial charge is 0.171 e. The molecule has 2 rings (SSSR count). The van der Waals surface area contributed by atoms with E-state index in [1.807, 2.05) is 43.3 Å². The van der Waals surface area contributed by atoms with Crippen LogP contribution < -0.4 is 5.73 Å². The number of pyridine rings is 1. The molecule has 0 fully saturated rings. The van der Waals surface area contributed by atoms with Crippen molar-refractivity contribution >= 4 is 12.1 Å². The molecule has 2 aromatic rings. The summed E-state index contributed by atoms with van der Waals surface area (Å²) in [6.07, 6.45) is 3.36. The Kier molecular flexibility index (Phi) is 3.81. The van der Waals surface area contributed by atoms with Crippen molar-refractivity contribution in [2.75, 3.05) is 0 Å². The predicted octanol–water partition coefficient (Wildman–Crippen LogP) is 2.13. The maximum atomic E-state index is 5.77. The normalized spacial score (nSPS) is 11.9. The van der Waals surface area contributed by atoms with Gasteiger partial charge in [-0.3, -0.25) is 4.98 Å². The van der Waals surface area contributed by atoms with Gasteiger partial charge in [0.1, 0.15) is 5.69 Å². The highest BCUT2D eigenvalue weighted by atomic mass is 15.2. The standard InChI is InChI=1S/C14H14N4/c1-11-6-2-3-7-12(11)10-17-18-14(15)13-8-4-5-9-16-13/h2-10H,1H3,(H2,15,18)/b17-10+. The van der Waals surface area contributed by atoms with Crippen molar-refractivity contribution in [3.05, 3.63) is 65.5 Å². The Morgan fingerprint density at radius 1 is 1.17 bits per heavy atom.